The lowest BCUT2D eigenvalue weighted by Gasteiger charge is -2.32. The molecule has 0 amide bonds. The van der Waals surface area contributed by atoms with Gasteiger partial charge in [-0.3, -0.25) is 4.90 Å². The largest absolute Gasteiger partial charge is 0.396 e. The monoisotopic (exact) mass is 292 g/mol. The molecule has 0 aliphatic carbocycles. The number of unbranched alkanes of at least 4 members (excludes halogenated alkanes) is 2. The predicted octanol–water partition coefficient (Wildman–Crippen LogP) is -0.534. The fourth-order valence-electron chi connectivity index (χ4n) is 2.24. The van der Waals surface area contributed by atoms with E-state index in [2.05, 4.69) is 4.90 Å². The zero-order valence-electron chi connectivity index (χ0n) is 12.7. The highest BCUT2D eigenvalue weighted by Gasteiger charge is 2.16. The third-order valence-electron chi connectivity index (χ3n) is 3.48. The molecule has 1 atom stereocenters. The highest BCUT2D eigenvalue weighted by molar-refractivity contribution is 4.70. The van der Waals surface area contributed by atoms with E-state index in [1.54, 1.807) is 0 Å². The molecule has 0 rings (SSSR count). The molecule has 0 aliphatic heterocycles. The lowest BCUT2D eigenvalue weighted by molar-refractivity contribution is 0.0416. The number of hydrogen-bond donors (Lipinski definition) is 4. The van der Waals surface area contributed by atoms with Crippen LogP contribution in [0.3, 0.4) is 0 Å². The smallest absolute Gasteiger partial charge is 0.0960 e. The first-order chi connectivity index (χ1) is 9.69. The Hall–Kier alpha value is -0.240. The van der Waals surface area contributed by atoms with E-state index in [4.69, 9.17) is 15.3 Å². The average molecular weight is 292 g/mol. The van der Waals surface area contributed by atoms with Crippen molar-refractivity contribution in [2.75, 3.05) is 52.7 Å². The molecule has 0 aromatic rings. The Kier molecular flexibility index (Phi) is 13.6. The van der Waals surface area contributed by atoms with E-state index in [0.29, 0.717) is 6.54 Å². The summed E-state index contributed by atoms with van der Waals surface area (Å²) in [6.45, 7) is 5.57. The van der Waals surface area contributed by atoms with Gasteiger partial charge in [-0.05, 0) is 45.7 Å². The topological polar surface area (TPSA) is 87.4 Å². The molecule has 0 aromatic heterocycles. The molecule has 122 valence electrons. The lowest BCUT2D eigenvalue weighted by atomic mass is 10.2. The zero-order chi connectivity index (χ0) is 15.2. The fourth-order valence-corrected chi connectivity index (χ4v) is 2.24. The molecule has 1 unspecified atom stereocenters. The van der Waals surface area contributed by atoms with Crippen LogP contribution in [0.15, 0.2) is 0 Å². The van der Waals surface area contributed by atoms with Crippen molar-refractivity contribution in [1.82, 2.24) is 9.80 Å². The molecule has 0 aliphatic rings. The van der Waals surface area contributed by atoms with Gasteiger partial charge >= 0.3 is 0 Å². The first-order valence-corrected chi connectivity index (χ1v) is 7.59. The van der Waals surface area contributed by atoms with Gasteiger partial charge in [-0.1, -0.05) is 0 Å². The van der Waals surface area contributed by atoms with Gasteiger partial charge in [-0.15, -0.1) is 0 Å². The number of nitrogens with zero attached hydrogens (tertiary/aromatic N) is 2. The first kappa shape index (κ1) is 19.8. The summed E-state index contributed by atoms with van der Waals surface area (Å²) >= 11 is 0. The Morgan fingerprint density at radius 3 is 1.70 bits per heavy atom. The second-order valence-electron chi connectivity index (χ2n) is 5.19. The maximum atomic E-state index is 9.30. The van der Waals surface area contributed by atoms with E-state index in [0.717, 1.165) is 45.3 Å². The van der Waals surface area contributed by atoms with Gasteiger partial charge in [-0.2, -0.15) is 0 Å². The van der Waals surface area contributed by atoms with Gasteiger partial charge in [0.25, 0.3) is 0 Å². The van der Waals surface area contributed by atoms with E-state index >= 15 is 0 Å². The van der Waals surface area contributed by atoms with Gasteiger partial charge in [0.15, 0.2) is 0 Å². The second kappa shape index (κ2) is 13.7. The Labute approximate surface area is 122 Å². The first-order valence-electron chi connectivity index (χ1n) is 7.59. The Morgan fingerprint density at radius 1 is 0.750 bits per heavy atom. The van der Waals surface area contributed by atoms with Crippen molar-refractivity contribution in [2.24, 2.45) is 0 Å². The van der Waals surface area contributed by atoms with E-state index in [1.165, 1.54) is 0 Å². The average Bonchev–Trinajstić information content (AvgIpc) is 2.44. The fraction of sp³-hybridized carbons (Fsp3) is 1.00. The molecule has 0 aromatic carbocycles. The Balaban J connectivity index is 4.20. The third kappa shape index (κ3) is 9.63. The van der Waals surface area contributed by atoms with Crippen molar-refractivity contribution >= 4 is 0 Å². The van der Waals surface area contributed by atoms with Crippen LogP contribution in [0.2, 0.25) is 0 Å². The molecular weight excluding hydrogens is 260 g/mol. The van der Waals surface area contributed by atoms with Crippen molar-refractivity contribution in [1.29, 1.82) is 0 Å². The van der Waals surface area contributed by atoms with Gasteiger partial charge in [0.1, 0.15) is 0 Å². The van der Waals surface area contributed by atoms with Gasteiger partial charge in [0, 0.05) is 32.3 Å². The van der Waals surface area contributed by atoms with Crippen molar-refractivity contribution in [2.45, 2.75) is 38.6 Å². The van der Waals surface area contributed by atoms with E-state index < -0.39 is 0 Å². The van der Waals surface area contributed by atoms with Crippen LogP contribution in [-0.4, -0.2) is 89.0 Å². The quantitative estimate of drug-likeness (QED) is 0.254. The lowest BCUT2D eigenvalue weighted by Crippen LogP contribution is -2.44. The number of hydrogen-bond acceptors (Lipinski definition) is 6. The van der Waals surface area contributed by atoms with Gasteiger partial charge in [-0.25, -0.2) is 0 Å². The minimum atomic E-state index is -0.0527. The number of rotatable bonds is 14. The summed E-state index contributed by atoms with van der Waals surface area (Å²) < 4.78 is 0. The molecule has 6 heteroatoms. The Bertz CT molecular complexity index is 198. The maximum Gasteiger partial charge on any atom is 0.0960 e. The van der Waals surface area contributed by atoms with Crippen LogP contribution in [0.5, 0.6) is 0 Å². The molecule has 0 heterocycles. The molecule has 4 N–H and O–H groups in total. The van der Waals surface area contributed by atoms with Crippen LogP contribution in [0.4, 0.5) is 0 Å². The van der Waals surface area contributed by atoms with Crippen LogP contribution >= 0.6 is 0 Å². The standard InChI is InChI=1S/C14H32N2O4/c1-14(16(13-20)8-11-19)12-15(6-2-4-9-17)7-3-5-10-18/h14,17-20H,2-13H2,1H3. The van der Waals surface area contributed by atoms with E-state index in [1.807, 2.05) is 11.8 Å². The van der Waals surface area contributed by atoms with E-state index in [-0.39, 0.29) is 32.6 Å². The number of aliphatic hydroxyl groups excluding tert-OH is 4. The molecule has 0 saturated carbocycles. The van der Waals surface area contributed by atoms with E-state index in [9.17, 15) is 5.11 Å². The highest BCUT2D eigenvalue weighted by Crippen LogP contribution is 2.05. The second-order valence-corrected chi connectivity index (χ2v) is 5.19. The summed E-state index contributed by atoms with van der Waals surface area (Å²) in [7, 11) is 0. The maximum absolute atomic E-state index is 9.30. The van der Waals surface area contributed by atoms with Crippen LogP contribution in [0, 0.1) is 0 Å². The molecule has 0 spiro atoms. The van der Waals surface area contributed by atoms with Gasteiger partial charge in [0.2, 0.25) is 0 Å². The van der Waals surface area contributed by atoms with Crippen LogP contribution in [-0.2, 0) is 0 Å². The molecule has 0 saturated heterocycles. The van der Waals surface area contributed by atoms with Crippen molar-refractivity contribution in [3.8, 4) is 0 Å². The van der Waals surface area contributed by atoms with Crippen molar-refractivity contribution < 1.29 is 20.4 Å². The minimum Gasteiger partial charge on any atom is -0.396 e. The molecular formula is C14H32N2O4. The zero-order valence-corrected chi connectivity index (χ0v) is 12.7. The summed E-state index contributed by atoms with van der Waals surface area (Å²) in [6.07, 6.45) is 3.49. The van der Waals surface area contributed by atoms with Crippen LogP contribution in [0.25, 0.3) is 0 Å². The molecule has 0 radical (unpaired) electrons. The Morgan fingerprint density at radius 2 is 1.30 bits per heavy atom. The molecule has 20 heavy (non-hydrogen) atoms. The molecule has 6 nitrogen and oxygen atoms in total. The summed E-state index contributed by atoms with van der Waals surface area (Å²) in [6, 6.07) is 0.162. The van der Waals surface area contributed by atoms with Crippen molar-refractivity contribution in [3.63, 3.8) is 0 Å². The summed E-state index contributed by atoms with van der Waals surface area (Å²) in [5.74, 6) is 0. The predicted molar refractivity (Wildman–Crippen MR) is 79.4 cm³/mol. The highest BCUT2D eigenvalue weighted by atomic mass is 16.3. The van der Waals surface area contributed by atoms with Gasteiger partial charge in [0.05, 0.1) is 13.3 Å². The molecule has 0 bridgehead atoms. The van der Waals surface area contributed by atoms with Gasteiger partial charge < -0.3 is 25.3 Å². The summed E-state index contributed by atoms with van der Waals surface area (Å²) in [4.78, 5) is 4.14. The SMILES string of the molecule is CC(CN(CCCCO)CCCCO)N(CO)CCO. The summed E-state index contributed by atoms with van der Waals surface area (Å²) in [5, 5.41) is 36.0. The molecule has 0 fully saturated rings. The third-order valence-corrected chi connectivity index (χ3v) is 3.48. The minimum absolute atomic E-state index is 0.0416. The normalized spacial score (nSPS) is 13.3. The summed E-state index contributed by atoms with van der Waals surface area (Å²) in [5.41, 5.74) is 0. The van der Waals surface area contributed by atoms with Crippen molar-refractivity contribution in [3.05, 3.63) is 0 Å². The van der Waals surface area contributed by atoms with Crippen LogP contribution in [0.1, 0.15) is 32.6 Å². The van der Waals surface area contributed by atoms with Crippen LogP contribution < -0.4 is 0 Å². The number of aliphatic hydroxyl groups is 4.